The van der Waals surface area contributed by atoms with E-state index in [1.54, 1.807) is 31.2 Å². The second-order valence-corrected chi connectivity index (χ2v) is 6.03. The first-order chi connectivity index (χ1) is 12.8. The largest absolute Gasteiger partial charge is 0.465 e. The molecule has 0 heterocycles. The average molecular weight is 393 g/mol. The van der Waals surface area contributed by atoms with Crippen LogP contribution in [0.5, 0.6) is 5.75 Å². The molecule has 0 aliphatic heterocycles. The fourth-order valence-corrected chi connectivity index (χ4v) is 2.40. The van der Waals surface area contributed by atoms with Gasteiger partial charge in [-0.2, -0.15) is 0 Å². The Morgan fingerprint density at radius 3 is 2.41 bits per heavy atom. The van der Waals surface area contributed by atoms with E-state index in [0.29, 0.717) is 16.4 Å². The molecule has 0 spiro atoms. The van der Waals surface area contributed by atoms with Gasteiger partial charge in [0.2, 0.25) is 5.75 Å². The first kappa shape index (κ1) is 20.3. The molecule has 0 aliphatic rings. The molecule has 0 unspecified atom stereocenters. The number of carbonyl (C=O) groups is 2. The van der Waals surface area contributed by atoms with Gasteiger partial charge >= 0.3 is 5.97 Å². The minimum atomic E-state index is -0.961. The van der Waals surface area contributed by atoms with Crippen molar-refractivity contribution in [3.05, 3.63) is 64.6 Å². The van der Waals surface area contributed by atoms with Gasteiger partial charge in [-0.1, -0.05) is 30.3 Å². The number of ether oxygens (including phenoxy) is 1. The Morgan fingerprint density at radius 1 is 1.19 bits per heavy atom. The van der Waals surface area contributed by atoms with Crippen LogP contribution < -0.4 is 15.6 Å². The van der Waals surface area contributed by atoms with Gasteiger partial charge in [0.15, 0.2) is 11.6 Å². The molecule has 2 aromatic carbocycles. The number of esters is 1. The summed E-state index contributed by atoms with van der Waals surface area (Å²) in [6, 6.07) is 7.80. The summed E-state index contributed by atoms with van der Waals surface area (Å²) in [5.41, 5.74) is 2.61. The number of hydrogen-bond donors (Lipinski definition) is 2. The average Bonchev–Trinajstić information content (AvgIpc) is 2.62. The normalized spacial score (nSPS) is 10.1. The number of rotatable bonds is 7. The van der Waals surface area contributed by atoms with E-state index in [-0.39, 0.29) is 22.6 Å². The predicted octanol–water partition coefficient (Wildman–Crippen LogP) is 4.63. The van der Waals surface area contributed by atoms with Gasteiger partial charge in [0, 0.05) is 5.70 Å². The van der Waals surface area contributed by atoms with Crippen LogP contribution in [0.3, 0.4) is 0 Å². The molecule has 2 rings (SSSR count). The molecule has 0 atom stereocenters. The summed E-state index contributed by atoms with van der Waals surface area (Å²) in [4.78, 5) is 29.3. The van der Waals surface area contributed by atoms with Crippen molar-refractivity contribution >= 4 is 34.7 Å². The predicted molar refractivity (Wildman–Crippen MR) is 101 cm³/mol. The van der Waals surface area contributed by atoms with E-state index in [1.165, 1.54) is 13.0 Å². The fraction of sp³-hybridized carbons (Fsp3) is 0.158. The minimum absolute atomic E-state index is 0.133. The Hall–Kier alpha value is -3.06. The van der Waals surface area contributed by atoms with Crippen LogP contribution in [-0.4, -0.2) is 18.9 Å². The summed E-state index contributed by atoms with van der Waals surface area (Å²) >= 11 is 6.11. The summed E-state index contributed by atoms with van der Waals surface area (Å²) in [5.74, 6) is -2.67. The molecule has 0 aliphatic carbocycles. The number of carbonyl (C=O) groups excluding carboxylic acids is 2. The van der Waals surface area contributed by atoms with Gasteiger partial charge < -0.3 is 14.9 Å². The Kier molecular flexibility index (Phi) is 6.41. The number of allylic oxidation sites excluding steroid dienone is 1. The van der Waals surface area contributed by atoms with Crippen molar-refractivity contribution in [2.24, 2.45) is 0 Å². The molecular formula is C19H18ClFN2O4. The van der Waals surface area contributed by atoms with Crippen molar-refractivity contribution in [3.8, 4) is 5.75 Å². The molecule has 2 N–H and O–H groups in total. The van der Waals surface area contributed by atoms with Gasteiger partial charge in [0.25, 0.3) is 0 Å². The molecule has 142 valence electrons. The standard InChI is InChI=1S/C19H18ClFN2O4/c1-10(2)23-27-18-12(11(3)24)9-13(19(25)26-4)17(16(18)21)22-15-8-6-5-7-14(15)20/h5-9,22-23H,1H2,2-4H3. The van der Waals surface area contributed by atoms with E-state index in [4.69, 9.17) is 21.2 Å². The number of para-hydroxylation sites is 1. The lowest BCUT2D eigenvalue weighted by Crippen LogP contribution is -2.20. The highest BCUT2D eigenvalue weighted by Crippen LogP contribution is 2.36. The van der Waals surface area contributed by atoms with Crippen LogP contribution in [0.15, 0.2) is 42.6 Å². The third-order valence-electron chi connectivity index (χ3n) is 3.47. The molecule has 0 bridgehead atoms. The minimum Gasteiger partial charge on any atom is -0.465 e. The Balaban J connectivity index is 2.68. The van der Waals surface area contributed by atoms with Crippen molar-refractivity contribution < 1.29 is 23.6 Å². The highest BCUT2D eigenvalue weighted by molar-refractivity contribution is 6.33. The number of hydroxylamine groups is 1. The third-order valence-corrected chi connectivity index (χ3v) is 3.80. The summed E-state index contributed by atoms with van der Waals surface area (Å²) in [6.07, 6.45) is 0. The maximum atomic E-state index is 15.3. The van der Waals surface area contributed by atoms with E-state index in [9.17, 15) is 9.59 Å². The van der Waals surface area contributed by atoms with Gasteiger partial charge in [-0.3, -0.25) is 4.79 Å². The quantitative estimate of drug-likeness (QED) is 0.406. The smallest absolute Gasteiger partial charge is 0.340 e. The first-order valence-corrected chi connectivity index (χ1v) is 8.19. The van der Waals surface area contributed by atoms with Gasteiger partial charge in [0.05, 0.1) is 34.6 Å². The second-order valence-electron chi connectivity index (χ2n) is 5.63. The lowest BCUT2D eigenvalue weighted by atomic mass is 10.0. The number of Topliss-reactive ketones (excluding diaryl/α,β-unsaturated/α-hetero) is 1. The summed E-state index contributed by atoms with van der Waals surface area (Å²) in [5, 5.41) is 3.08. The zero-order valence-electron chi connectivity index (χ0n) is 15.0. The van der Waals surface area contributed by atoms with Gasteiger partial charge in [-0.15, -0.1) is 0 Å². The van der Waals surface area contributed by atoms with Crippen molar-refractivity contribution in [2.75, 3.05) is 12.4 Å². The number of nitrogens with one attached hydrogen (secondary N) is 2. The van der Waals surface area contributed by atoms with Crippen LogP contribution >= 0.6 is 11.6 Å². The van der Waals surface area contributed by atoms with E-state index >= 15 is 4.39 Å². The number of benzene rings is 2. The summed E-state index contributed by atoms with van der Waals surface area (Å²) < 4.78 is 20.0. The van der Waals surface area contributed by atoms with Crippen LogP contribution in [-0.2, 0) is 4.74 Å². The second kappa shape index (κ2) is 8.55. The molecule has 0 saturated heterocycles. The number of halogens is 2. The number of hydrogen-bond acceptors (Lipinski definition) is 6. The zero-order chi connectivity index (χ0) is 20.1. The Morgan fingerprint density at radius 2 is 1.85 bits per heavy atom. The van der Waals surface area contributed by atoms with Crippen LogP contribution in [0, 0.1) is 5.82 Å². The molecule has 0 radical (unpaired) electrons. The SMILES string of the molecule is C=C(C)NOc1c(C(C)=O)cc(C(=O)OC)c(Nc2ccccc2Cl)c1F. The molecule has 0 amide bonds. The van der Waals surface area contributed by atoms with Gasteiger partial charge in [-0.25, -0.2) is 14.7 Å². The third kappa shape index (κ3) is 4.57. The van der Waals surface area contributed by atoms with Crippen molar-refractivity contribution in [1.82, 2.24) is 5.48 Å². The maximum Gasteiger partial charge on any atom is 0.340 e. The Labute approximate surface area is 160 Å². The Bertz CT molecular complexity index is 915. The number of anilines is 2. The lowest BCUT2D eigenvalue weighted by Gasteiger charge is -2.18. The molecular weight excluding hydrogens is 375 g/mol. The molecule has 2 aromatic rings. The molecule has 8 heteroatoms. The monoisotopic (exact) mass is 392 g/mol. The van der Waals surface area contributed by atoms with Crippen LogP contribution in [0.4, 0.5) is 15.8 Å². The first-order valence-electron chi connectivity index (χ1n) is 7.82. The van der Waals surface area contributed by atoms with E-state index < -0.39 is 17.6 Å². The van der Waals surface area contributed by atoms with E-state index in [2.05, 4.69) is 17.4 Å². The van der Waals surface area contributed by atoms with Crippen molar-refractivity contribution in [1.29, 1.82) is 0 Å². The number of ketones is 1. The molecule has 0 saturated carbocycles. The van der Waals surface area contributed by atoms with Gasteiger partial charge in [-0.05, 0) is 32.0 Å². The molecule has 0 fully saturated rings. The topological polar surface area (TPSA) is 76.7 Å². The van der Waals surface area contributed by atoms with Gasteiger partial charge in [0.1, 0.15) is 0 Å². The van der Waals surface area contributed by atoms with Crippen molar-refractivity contribution in [3.63, 3.8) is 0 Å². The highest BCUT2D eigenvalue weighted by atomic mass is 35.5. The maximum absolute atomic E-state index is 15.3. The van der Waals surface area contributed by atoms with Crippen LogP contribution in [0.1, 0.15) is 34.6 Å². The molecule has 0 aromatic heterocycles. The van der Waals surface area contributed by atoms with E-state index in [0.717, 1.165) is 7.11 Å². The van der Waals surface area contributed by atoms with Crippen LogP contribution in [0.25, 0.3) is 0 Å². The number of methoxy groups -OCH3 is 1. The highest BCUT2D eigenvalue weighted by Gasteiger charge is 2.26. The molecule has 27 heavy (non-hydrogen) atoms. The zero-order valence-corrected chi connectivity index (χ0v) is 15.7. The fourth-order valence-electron chi connectivity index (χ4n) is 2.22. The lowest BCUT2D eigenvalue weighted by molar-refractivity contribution is 0.0601. The van der Waals surface area contributed by atoms with Crippen LogP contribution in [0.2, 0.25) is 5.02 Å². The molecule has 6 nitrogen and oxygen atoms in total. The van der Waals surface area contributed by atoms with E-state index in [1.807, 2.05) is 0 Å². The summed E-state index contributed by atoms with van der Waals surface area (Å²) in [7, 11) is 1.15. The summed E-state index contributed by atoms with van der Waals surface area (Å²) in [6.45, 7) is 6.41. The van der Waals surface area contributed by atoms with Crippen molar-refractivity contribution in [2.45, 2.75) is 13.8 Å².